The molecule has 1 heterocycles. The molecule has 3 heteroatoms. The summed E-state index contributed by atoms with van der Waals surface area (Å²) in [5, 5.41) is 11.8. The second-order valence-corrected chi connectivity index (χ2v) is 5.83. The molecule has 0 aliphatic carbocycles. The second kappa shape index (κ2) is 5.42. The second-order valence-electron chi connectivity index (χ2n) is 5.83. The van der Waals surface area contributed by atoms with Gasteiger partial charge in [-0.1, -0.05) is 66.7 Å². The lowest BCUT2D eigenvalue weighted by atomic mass is 9.77. The van der Waals surface area contributed by atoms with Crippen LogP contribution in [0.2, 0.25) is 0 Å². The van der Waals surface area contributed by atoms with Crippen molar-refractivity contribution >= 4 is 10.8 Å². The third kappa shape index (κ3) is 2.16. The van der Waals surface area contributed by atoms with Crippen LogP contribution in [0.1, 0.15) is 17.0 Å². The molecule has 0 amide bonds. The molecular weight excluding hydrogens is 284 g/mol. The summed E-state index contributed by atoms with van der Waals surface area (Å²) >= 11 is 0. The highest BCUT2D eigenvalue weighted by molar-refractivity contribution is 5.90. The number of nitriles is 1. The Hall–Kier alpha value is -2.83. The van der Waals surface area contributed by atoms with Crippen molar-refractivity contribution in [1.29, 1.82) is 5.26 Å². The van der Waals surface area contributed by atoms with Crippen molar-refractivity contribution in [2.45, 2.75) is 12.1 Å². The van der Waals surface area contributed by atoms with Gasteiger partial charge in [0.05, 0.1) is 6.07 Å². The Morgan fingerprint density at radius 2 is 1.65 bits per heavy atom. The minimum atomic E-state index is -0.636. The molecule has 2 N–H and O–H groups in total. The van der Waals surface area contributed by atoms with Gasteiger partial charge in [-0.2, -0.15) is 5.26 Å². The van der Waals surface area contributed by atoms with Crippen molar-refractivity contribution in [2.24, 2.45) is 11.7 Å². The largest absolute Gasteiger partial charge is 0.473 e. The van der Waals surface area contributed by atoms with Crippen molar-refractivity contribution in [1.82, 2.24) is 0 Å². The molecule has 3 unspecified atom stereocenters. The van der Waals surface area contributed by atoms with Crippen LogP contribution >= 0.6 is 0 Å². The summed E-state index contributed by atoms with van der Waals surface area (Å²) < 4.78 is 5.96. The maximum Gasteiger partial charge on any atom is 0.164 e. The van der Waals surface area contributed by atoms with Crippen LogP contribution < -0.4 is 10.5 Å². The Bertz CT molecular complexity index is 898. The average molecular weight is 300 g/mol. The van der Waals surface area contributed by atoms with Crippen LogP contribution in [0.25, 0.3) is 10.8 Å². The van der Waals surface area contributed by atoms with Crippen LogP contribution in [0, 0.1) is 17.2 Å². The molecular formula is C20H16N2O. The summed E-state index contributed by atoms with van der Waals surface area (Å²) in [6.07, 6.45) is -0.636. The van der Waals surface area contributed by atoms with Gasteiger partial charge in [-0.25, -0.2) is 0 Å². The summed E-state index contributed by atoms with van der Waals surface area (Å²) in [4.78, 5) is 0. The van der Waals surface area contributed by atoms with Crippen molar-refractivity contribution in [3.05, 3.63) is 77.9 Å². The third-order valence-corrected chi connectivity index (χ3v) is 4.52. The number of rotatable bonds is 1. The molecule has 0 fully saturated rings. The van der Waals surface area contributed by atoms with Crippen LogP contribution in [0.4, 0.5) is 0 Å². The topological polar surface area (TPSA) is 59.0 Å². The minimum Gasteiger partial charge on any atom is -0.473 e. The summed E-state index contributed by atoms with van der Waals surface area (Å²) in [5.74, 6) is 0.312. The number of hydrogen-bond acceptors (Lipinski definition) is 3. The first kappa shape index (κ1) is 13.8. The lowest BCUT2D eigenvalue weighted by Gasteiger charge is -2.35. The van der Waals surface area contributed by atoms with Gasteiger partial charge < -0.3 is 4.74 Å². The fourth-order valence-electron chi connectivity index (χ4n) is 3.42. The summed E-state index contributed by atoms with van der Waals surface area (Å²) in [6, 6.07) is 24.6. The van der Waals surface area contributed by atoms with E-state index in [2.05, 4.69) is 24.3 Å². The molecule has 0 radical (unpaired) electrons. The van der Waals surface area contributed by atoms with Crippen LogP contribution in [0.3, 0.4) is 0 Å². The van der Waals surface area contributed by atoms with E-state index in [0.717, 1.165) is 27.6 Å². The van der Waals surface area contributed by atoms with E-state index < -0.39 is 12.1 Å². The molecule has 0 spiro atoms. The zero-order valence-electron chi connectivity index (χ0n) is 12.5. The monoisotopic (exact) mass is 300 g/mol. The lowest BCUT2D eigenvalue weighted by Crippen LogP contribution is -2.42. The molecule has 1 aliphatic heterocycles. The Labute approximate surface area is 134 Å². The summed E-state index contributed by atoms with van der Waals surface area (Å²) in [7, 11) is 0. The number of hydrogen-bond donors (Lipinski definition) is 1. The molecule has 0 saturated carbocycles. The van der Waals surface area contributed by atoms with Crippen molar-refractivity contribution in [2.75, 3.05) is 0 Å². The van der Waals surface area contributed by atoms with Gasteiger partial charge in [0.25, 0.3) is 0 Å². The van der Waals surface area contributed by atoms with Gasteiger partial charge in [-0.3, -0.25) is 5.73 Å². The normalized spacial score (nSPS) is 22.9. The van der Waals surface area contributed by atoms with Gasteiger partial charge in [0, 0.05) is 16.9 Å². The van der Waals surface area contributed by atoms with E-state index in [1.165, 1.54) is 0 Å². The number of fused-ring (bicyclic) bond motifs is 3. The van der Waals surface area contributed by atoms with Crippen molar-refractivity contribution < 1.29 is 4.74 Å². The summed E-state index contributed by atoms with van der Waals surface area (Å²) in [6.45, 7) is 0. The van der Waals surface area contributed by atoms with E-state index in [-0.39, 0.29) is 5.92 Å². The van der Waals surface area contributed by atoms with Gasteiger partial charge in [-0.15, -0.1) is 0 Å². The van der Waals surface area contributed by atoms with Gasteiger partial charge in [0.15, 0.2) is 6.23 Å². The summed E-state index contributed by atoms with van der Waals surface area (Å²) in [5.41, 5.74) is 8.30. The van der Waals surface area contributed by atoms with E-state index in [1.54, 1.807) is 0 Å². The first-order chi connectivity index (χ1) is 11.3. The Morgan fingerprint density at radius 1 is 0.913 bits per heavy atom. The quantitative estimate of drug-likeness (QED) is 0.744. The first-order valence-electron chi connectivity index (χ1n) is 7.68. The van der Waals surface area contributed by atoms with Gasteiger partial charge in [0.1, 0.15) is 11.7 Å². The van der Waals surface area contributed by atoms with Crippen LogP contribution in [0.5, 0.6) is 5.75 Å². The number of nitrogens with two attached hydrogens (primary N) is 1. The Kier molecular flexibility index (Phi) is 3.25. The number of nitrogens with zero attached hydrogens (tertiary/aromatic N) is 1. The van der Waals surface area contributed by atoms with E-state index in [1.807, 2.05) is 48.5 Å². The van der Waals surface area contributed by atoms with Crippen molar-refractivity contribution in [3.63, 3.8) is 0 Å². The Morgan fingerprint density at radius 3 is 2.43 bits per heavy atom. The molecule has 0 aromatic heterocycles. The average Bonchev–Trinajstić information content (AvgIpc) is 2.61. The molecule has 3 aromatic rings. The molecule has 3 nitrogen and oxygen atoms in total. The number of ether oxygens (including phenoxy) is 1. The van der Waals surface area contributed by atoms with E-state index in [4.69, 9.17) is 10.5 Å². The minimum absolute atomic E-state index is 0.0791. The third-order valence-electron chi connectivity index (χ3n) is 4.52. The zero-order chi connectivity index (χ0) is 15.8. The molecule has 112 valence electrons. The van der Waals surface area contributed by atoms with E-state index >= 15 is 0 Å². The highest BCUT2D eigenvalue weighted by Crippen LogP contribution is 2.45. The van der Waals surface area contributed by atoms with Crippen LogP contribution in [-0.2, 0) is 0 Å². The molecule has 3 atom stereocenters. The number of benzene rings is 3. The molecule has 0 bridgehead atoms. The first-order valence-corrected chi connectivity index (χ1v) is 7.68. The molecule has 0 saturated heterocycles. The fourth-order valence-corrected chi connectivity index (χ4v) is 3.42. The van der Waals surface area contributed by atoms with Crippen molar-refractivity contribution in [3.8, 4) is 11.8 Å². The van der Waals surface area contributed by atoms with Gasteiger partial charge in [0.2, 0.25) is 0 Å². The smallest absolute Gasteiger partial charge is 0.164 e. The van der Waals surface area contributed by atoms with Gasteiger partial charge in [-0.05, 0) is 10.9 Å². The lowest BCUT2D eigenvalue weighted by molar-refractivity contribution is 0.137. The SMILES string of the molecule is N#CC1C(N)Oc2c(ccc3ccccc23)C1c1ccccc1. The molecule has 3 aromatic carbocycles. The molecule has 23 heavy (non-hydrogen) atoms. The predicted octanol–water partition coefficient (Wildman–Crippen LogP) is 3.79. The molecule has 1 aliphatic rings. The van der Waals surface area contributed by atoms with E-state index in [9.17, 15) is 5.26 Å². The van der Waals surface area contributed by atoms with E-state index in [0.29, 0.717) is 0 Å². The zero-order valence-corrected chi connectivity index (χ0v) is 12.5. The highest BCUT2D eigenvalue weighted by atomic mass is 16.5. The maximum atomic E-state index is 9.62. The van der Waals surface area contributed by atoms with Gasteiger partial charge >= 0.3 is 0 Å². The molecule has 4 rings (SSSR count). The fraction of sp³-hybridized carbons (Fsp3) is 0.150. The standard InChI is InChI=1S/C20H16N2O/c21-12-17-18(14-7-2-1-3-8-14)16-11-10-13-6-4-5-9-15(13)19(16)23-20(17)22/h1-11,17-18,20H,22H2. The Balaban J connectivity index is 1.99. The predicted molar refractivity (Wildman–Crippen MR) is 89.9 cm³/mol. The van der Waals surface area contributed by atoms with Crippen LogP contribution in [0.15, 0.2) is 66.7 Å². The highest BCUT2D eigenvalue weighted by Gasteiger charge is 2.38. The van der Waals surface area contributed by atoms with Crippen LogP contribution in [-0.4, -0.2) is 6.23 Å². The maximum absolute atomic E-state index is 9.62.